The number of carbonyl (C=O) groups is 2. The first kappa shape index (κ1) is 11.0. The molecule has 1 amide bonds. The van der Waals surface area contributed by atoms with Gasteiger partial charge in [0.15, 0.2) is 0 Å². The van der Waals surface area contributed by atoms with Gasteiger partial charge in [0, 0.05) is 18.3 Å². The van der Waals surface area contributed by atoms with Gasteiger partial charge in [0.25, 0.3) is 0 Å². The van der Waals surface area contributed by atoms with Crippen LogP contribution in [0.25, 0.3) is 0 Å². The van der Waals surface area contributed by atoms with Crippen molar-refractivity contribution in [2.24, 2.45) is 11.5 Å². The molecule has 1 atom stereocenters. The van der Waals surface area contributed by atoms with Gasteiger partial charge in [-0.05, 0) is 0 Å². The second kappa shape index (κ2) is 4.96. The predicted molar refractivity (Wildman–Crippen MR) is 47.0 cm³/mol. The van der Waals surface area contributed by atoms with E-state index in [-0.39, 0.29) is 6.42 Å². The van der Waals surface area contributed by atoms with Crippen molar-refractivity contribution in [2.45, 2.75) is 12.5 Å². The topological polar surface area (TPSA) is 133 Å². The minimum Gasteiger partial charge on any atom is -0.348 e. The van der Waals surface area contributed by atoms with Gasteiger partial charge in [0.1, 0.15) is 6.04 Å². The number of hydrogen-bond donors (Lipinski definition) is 3. The maximum atomic E-state index is 11.1. The highest BCUT2D eigenvalue weighted by molar-refractivity contribution is 5.76. The van der Waals surface area contributed by atoms with Crippen molar-refractivity contribution in [1.29, 1.82) is 0 Å². The molecular formula is C7H10N4O4. The standard InChI is InChI=1S/C7H10N4O4/c8-5(1-4-2-10-3-11-4)6(12)14-15-7(9)13/h2-3,5H,1,8H2,(H2,9,13)(H,10,11)/t5-/m0/s1. The van der Waals surface area contributed by atoms with Crippen LogP contribution in [0.3, 0.4) is 0 Å². The molecule has 0 bridgehead atoms. The molecular weight excluding hydrogens is 204 g/mol. The molecule has 0 fully saturated rings. The summed E-state index contributed by atoms with van der Waals surface area (Å²) in [5.41, 5.74) is 10.7. The van der Waals surface area contributed by atoms with E-state index in [9.17, 15) is 9.59 Å². The van der Waals surface area contributed by atoms with Crippen molar-refractivity contribution < 1.29 is 19.4 Å². The van der Waals surface area contributed by atoms with Crippen LogP contribution in [0.5, 0.6) is 0 Å². The Morgan fingerprint density at radius 2 is 2.27 bits per heavy atom. The number of hydrogen-bond acceptors (Lipinski definition) is 6. The molecule has 0 radical (unpaired) electrons. The van der Waals surface area contributed by atoms with E-state index in [1.54, 1.807) is 0 Å². The number of rotatable bonds is 3. The molecule has 0 aromatic carbocycles. The molecule has 0 aliphatic rings. The highest BCUT2D eigenvalue weighted by Gasteiger charge is 2.18. The van der Waals surface area contributed by atoms with E-state index < -0.39 is 18.1 Å². The molecule has 0 spiro atoms. The molecule has 82 valence electrons. The smallest absolute Gasteiger partial charge is 0.348 e. The van der Waals surface area contributed by atoms with E-state index in [1.807, 2.05) is 0 Å². The van der Waals surface area contributed by atoms with E-state index >= 15 is 0 Å². The normalized spacial score (nSPS) is 11.8. The lowest BCUT2D eigenvalue weighted by atomic mass is 10.2. The van der Waals surface area contributed by atoms with Crippen molar-refractivity contribution in [2.75, 3.05) is 0 Å². The summed E-state index contributed by atoms with van der Waals surface area (Å²) >= 11 is 0. The van der Waals surface area contributed by atoms with Gasteiger partial charge in [-0.3, -0.25) is 0 Å². The van der Waals surface area contributed by atoms with Crippen LogP contribution in [0.15, 0.2) is 12.5 Å². The molecule has 1 heterocycles. The van der Waals surface area contributed by atoms with Crippen LogP contribution in [0.2, 0.25) is 0 Å². The van der Waals surface area contributed by atoms with Crippen LogP contribution >= 0.6 is 0 Å². The fourth-order valence-corrected chi connectivity index (χ4v) is 0.861. The summed E-state index contributed by atoms with van der Waals surface area (Å²) < 4.78 is 0. The summed E-state index contributed by atoms with van der Waals surface area (Å²) in [6, 6.07) is -0.954. The van der Waals surface area contributed by atoms with Crippen LogP contribution in [-0.2, 0) is 21.0 Å². The van der Waals surface area contributed by atoms with Gasteiger partial charge in [0.2, 0.25) is 0 Å². The second-order valence-corrected chi connectivity index (χ2v) is 2.69. The lowest BCUT2D eigenvalue weighted by Crippen LogP contribution is -2.35. The molecule has 0 saturated carbocycles. The Hall–Kier alpha value is -2.09. The summed E-state index contributed by atoms with van der Waals surface area (Å²) in [7, 11) is 0. The van der Waals surface area contributed by atoms with Crippen LogP contribution in [0.4, 0.5) is 4.79 Å². The Bertz CT molecular complexity index is 337. The molecule has 15 heavy (non-hydrogen) atoms. The first-order valence-electron chi connectivity index (χ1n) is 4.00. The maximum absolute atomic E-state index is 11.1. The van der Waals surface area contributed by atoms with Gasteiger partial charge in [0.05, 0.1) is 6.33 Å². The third-order valence-electron chi connectivity index (χ3n) is 1.50. The highest BCUT2D eigenvalue weighted by Crippen LogP contribution is 1.98. The zero-order valence-electron chi connectivity index (χ0n) is 7.67. The van der Waals surface area contributed by atoms with Crippen molar-refractivity contribution in [3.05, 3.63) is 18.2 Å². The summed E-state index contributed by atoms with van der Waals surface area (Å²) in [5, 5.41) is 0. The minimum atomic E-state index is -1.21. The van der Waals surface area contributed by atoms with Crippen molar-refractivity contribution in [1.82, 2.24) is 9.97 Å². The highest BCUT2D eigenvalue weighted by atomic mass is 17.2. The molecule has 1 aromatic heterocycles. The van der Waals surface area contributed by atoms with Crippen molar-refractivity contribution in [3.8, 4) is 0 Å². The molecule has 1 rings (SSSR count). The second-order valence-electron chi connectivity index (χ2n) is 2.69. The van der Waals surface area contributed by atoms with Gasteiger partial charge in [-0.15, -0.1) is 0 Å². The molecule has 0 aliphatic heterocycles. The van der Waals surface area contributed by atoms with E-state index in [1.165, 1.54) is 12.5 Å². The average Bonchev–Trinajstić information content (AvgIpc) is 2.66. The van der Waals surface area contributed by atoms with Gasteiger partial charge >= 0.3 is 12.1 Å². The number of primary amides is 1. The Kier molecular flexibility index (Phi) is 3.63. The number of nitrogens with one attached hydrogen (secondary N) is 1. The molecule has 0 saturated heterocycles. The molecule has 8 heteroatoms. The number of H-pyrrole nitrogens is 1. The van der Waals surface area contributed by atoms with Crippen LogP contribution < -0.4 is 11.5 Å². The SMILES string of the molecule is NC(=O)OOC(=O)[C@@H](N)Cc1cnc[nH]1. The van der Waals surface area contributed by atoms with Gasteiger partial charge < -0.3 is 16.5 Å². The monoisotopic (exact) mass is 214 g/mol. The fraction of sp³-hybridized carbons (Fsp3) is 0.286. The van der Waals surface area contributed by atoms with Crippen LogP contribution in [0, 0.1) is 0 Å². The molecule has 1 aromatic rings. The lowest BCUT2D eigenvalue weighted by molar-refractivity contribution is -0.232. The number of amides is 1. The largest absolute Gasteiger partial charge is 0.447 e. The molecule has 5 N–H and O–H groups in total. The third-order valence-corrected chi connectivity index (χ3v) is 1.50. The van der Waals surface area contributed by atoms with Gasteiger partial charge in [-0.2, -0.15) is 0 Å². The summed E-state index contributed by atoms with van der Waals surface area (Å²) in [6.07, 6.45) is 1.95. The number of aromatic nitrogens is 2. The zero-order chi connectivity index (χ0) is 11.3. The maximum Gasteiger partial charge on any atom is 0.447 e. The Labute approximate surface area is 84.5 Å². The van der Waals surface area contributed by atoms with Gasteiger partial charge in [-0.1, -0.05) is 0 Å². The van der Waals surface area contributed by atoms with E-state index in [0.717, 1.165) is 0 Å². The number of nitrogens with zero attached hydrogens (tertiary/aromatic N) is 1. The Balaban J connectivity index is 2.36. The van der Waals surface area contributed by atoms with E-state index in [2.05, 4.69) is 25.5 Å². The van der Waals surface area contributed by atoms with Crippen molar-refractivity contribution >= 4 is 12.1 Å². The number of aromatic amines is 1. The number of imidazole rings is 1. The predicted octanol–water partition coefficient (Wildman–Crippen LogP) is -1.17. The number of carbonyl (C=O) groups excluding carboxylic acids is 2. The summed E-state index contributed by atoms with van der Waals surface area (Å²) in [4.78, 5) is 35.5. The molecule has 0 unspecified atom stereocenters. The first-order valence-corrected chi connectivity index (χ1v) is 4.00. The quantitative estimate of drug-likeness (QED) is 0.429. The van der Waals surface area contributed by atoms with Crippen LogP contribution in [0.1, 0.15) is 5.69 Å². The van der Waals surface area contributed by atoms with Crippen LogP contribution in [-0.4, -0.2) is 28.1 Å². The summed E-state index contributed by atoms with van der Waals surface area (Å²) in [5.74, 6) is -0.886. The summed E-state index contributed by atoms with van der Waals surface area (Å²) in [6.45, 7) is 0. The average molecular weight is 214 g/mol. The molecule has 0 aliphatic carbocycles. The van der Waals surface area contributed by atoms with Crippen molar-refractivity contribution in [3.63, 3.8) is 0 Å². The van der Waals surface area contributed by atoms with Gasteiger partial charge in [-0.25, -0.2) is 24.3 Å². The third kappa shape index (κ3) is 3.65. The minimum absolute atomic E-state index is 0.195. The Morgan fingerprint density at radius 1 is 1.53 bits per heavy atom. The first-order chi connectivity index (χ1) is 7.09. The number of nitrogens with two attached hydrogens (primary N) is 2. The Morgan fingerprint density at radius 3 is 2.80 bits per heavy atom. The molecule has 8 nitrogen and oxygen atoms in total. The lowest BCUT2D eigenvalue weighted by Gasteiger charge is -2.07. The fourth-order valence-electron chi connectivity index (χ4n) is 0.861. The zero-order valence-corrected chi connectivity index (χ0v) is 7.67. The van der Waals surface area contributed by atoms with E-state index in [4.69, 9.17) is 5.73 Å². The van der Waals surface area contributed by atoms with E-state index in [0.29, 0.717) is 5.69 Å².